The van der Waals surface area contributed by atoms with E-state index in [1.807, 2.05) is 19.1 Å². The quantitative estimate of drug-likeness (QED) is 0.521. The Morgan fingerprint density at radius 2 is 1.93 bits per heavy atom. The number of benzene rings is 2. The molecule has 0 aliphatic heterocycles. The van der Waals surface area contributed by atoms with Crippen molar-refractivity contribution in [1.82, 2.24) is 9.55 Å². The molecule has 0 bridgehead atoms. The first-order valence-corrected chi connectivity index (χ1v) is 8.11. The third-order valence-electron chi connectivity index (χ3n) is 4.27. The van der Waals surface area contributed by atoms with Crippen molar-refractivity contribution in [3.05, 3.63) is 64.1 Å². The van der Waals surface area contributed by atoms with Crippen molar-refractivity contribution in [2.45, 2.75) is 6.92 Å². The molecule has 1 heterocycles. The number of nitrogens with one attached hydrogen (secondary N) is 1. The Morgan fingerprint density at radius 1 is 1.19 bits per heavy atom. The van der Waals surface area contributed by atoms with E-state index >= 15 is 0 Å². The Morgan fingerprint density at radius 3 is 2.59 bits per heavy atom. The number of carboxylic acids is 1. The molecule has 0 saturated heterocycles. The monoisotopic (exact) mass is 365 g/mol. The number of carbonyl (C=O) groups is 1. The van der Waals surface area contributed by atoms with Crippen LogP contribution in [0.2, 0.25) is 0 Å². The SMILES string of the molecule is Cc1c(N)cccc1-c1cn(C)c(=O)c(Nc2ccc(C(=O)O)c(N)c2)n1. The van der Waals surface area contributed by atoms with Crippen LogP contribution in [0.5, 0.6) is 0 Å². The second kappa shape index (κ2) is 6.83. The lowest BCUT2D eigenvalue weighted by Crippen LogP contribution is -2.21. The molecule has 0 radical (unpaired) electrons. The number of hydrogen-bond donors (Lipinski definition) is 4. The Bertz CT molecular complexity index is 1100. The number of aryl methyl sites for hydroxylation is 1. The number of aromatic carboxylic acids is 1. The number of aromatic nitrogens is 2. The number of nitrogens with two attached hydrogens (primary N) is 2. The molecule has 3 rings (SSSR count). The van der Waals surface area contributed by atoms with Crippen LogP contribution in [0.3, 0.4) is 0 Å². The molecule has 0 unspecified atom stereocenters. The molecule has 138 valence electrons. The predicted octanol–water partition coefficient (Wildman–Crippen LogP) is 2.36. The second-order valence-electron chi connectivity index (χ2n) is 6.14. The molecule has 8 heteroatoms. The van der Waals surface area contributed by atoms with Gasteiger partial charge in [-0.05, 0) is 36.8 Å². The van der Waals surface area contributed by atoms with Crippen LogP contribution in [0.25, 0.3) is 11.3 Å². The van der Waals surface area contributed by atoms with Crippen molar-refractivity contribution in [1.29, 1.82) is 0 Å². The molecule has 0 aliphatic carbocycles. The molecule has 8 nitrogen and oxygen atoms in total. The van der Waals surface area contributed by atoms with E-state index in [9.17, 15) is 9.59 Å². The van der Waals surface area contributed by atoms with Crippen LogP contribution < -0.4 is 22.3 Å². The van der Waals surface area contributed by atoms with Crippen molar-refractivity contribution < 1.29 is 9.90 Å². The number of hydrogen-bond acceptors (Lipinski definition) is 6. The summed E-state index contributed by atoms with van der Waals surface area (Å²) in [6, 6.07) is 9.84. The topological polar surface area (TPSA) is 136 Å². The molecular weight excluding hydrogens is 346 g/mol. The third-order valence-corrected chi connectivity index (χ3v) is 4.27. The molecule has 0 aliphatic rings. The minimum absolute atomic E-state index is 0.00875. The van der Waals surface area contributed by atoms with E-state index in [2.05, 4.69) is 10.3 Å². The van der Waals surface area contributed by atoms with Crippen LogP contribution >= 0.6 is 0 Å². The predicted molar refractivity (Wildman–Crippen MR) is 105 cm³/mol. The Balaban J connectivity index is 2.05. The standard InChI is InChI=1S/C19H19N5O3/c1-10-12(4-3-5-14(10)20)16-9-24(2)18(25)17(23-16)22-11-6-7-13(19(26)27)15(21)8-11/h3-9H,20-21H2,1-2H3,(H,22,23)(H,26,27). The first-order valence-electron chi connectivity index (χ1n) is 8.11. The van der Waals surface area contributed by atoms with Crippen LogP contribution in [-0.4, -0.2) is 20.6 Å². The van der Waals surface area contributed by atoms with Gasteiger partial charge in [0.1, 0.15) is 0 Å². The average Bonchev–Trinajstić information content (AvgIpc) is 2.61. The number of carboxylic acid groups (broad SMARTS) is 1. The highest BCUT2D eigenvalue weighted by Gasteiger charge is 2.13. The lowest BCUT2D eigenvalue weighted by molar-refractivity contribution is 0.0698. The molecule has 3 aromatic rings. The van der Waals surface area contributed by atoms with Gasteiger partial charge >= 0.3 is 5.97 Å². The zero-order valence-electron chi connectivity index (χ0n) is 14.9. The van der Waals surface area contributed by atoms with Gasteiger partial charge in [0.25, 0.3) is 5.56 Å². The molecular formula is C19H19N5O3. The average molecular weight is 365 g/mol. The van der Waals surface area contributed by atoms with Gasteiger partial charge in [0, 0.05) is 35.9 Å². The van der Waals surface area contributed by atoms with E-state index in [1.54, 1.807) is 19.3 Å². The summed E-state index contributed by atoms with van der Waals surface area (Å²) in [5.74, 6) is -1.02. The number of anilines is 4. The van der Waals surface area contributed by atoms with E-state index in [1.165, 1.54) is 22.8 Å². The van der Waals surface area contributed by atoms with Gasteiger partial charge < -0.3 is 26.5 Å². The van der Waals surface area contributed by atoms with Gasteiger partial charge in [-0.25, -0.2) is 9.78 Å². The largest absolute Gasteiger partial charge is 0.478 e. The Labute approximate surface area is 155 Å². The number of nitrogens with zero attached hydrogens (tertiary/aromatic N) is 2. The van der Waals surface area contributed by atoms with E-state index in [4.69, 9.17) is 16.6 Å². The Kier molecular flexibility index (Phi) is 4.55. The first-order chi connectivity index (χ1) is 12.8. The number of rotatable bonds is 4. The summed E-state index contributed by atoms with van der Waals surface area (Å²) < 4.78 is 1.42. The minimum Gasteiger partial charge on any atom is -0.478 e. The molecule has 0 amide bonds. The highest BCUT2D eigenvalue weighted by atomic mass is 16.4. The van der Waals surface area contributed by atoms with Gasteiger partial charge in [0.05, 0.1) is 11.3 Å². The smallest absolute Gasteiger partial charge is 0.337 e. The summed E-state index contributed by atoms with van der Waals surface area (Å²) in [6.45, 7) is 1.88. The highest BCUT2D eigenvalue weighted by molar-refractivity contribution is 5.94. The maximum atomic E-state index is 12.5. The fraction of sp³-hybridized carbons (Fsp3) is 0.105. The van der Waals surface area contributed by atoms with Crippen LogP contribution in [-0.2, 0) is 7.05 Å². The normalized spacial score (nSPS) is 10.6. The first kappa shape index (κ1) is 18.0. The maximum Gasteiger partial charge on any atom is 0.337 e. The van der Waals surface area contributed by atoms with Crippen molar-refractivity contribution >= 4 is 28.8 Å². The molecule has 0 saturated carbocycles. The van der Waals surface area contributed by atoms with Gasteiger partial charge in [-0.2, -0.15) is 0 Å². The molecule has 0 atom stereocenters. The Hall–Kier alpha value is -3.81. The van der Waals surface area contributed by atoms with E-state index < -0.39 is 5.97 Å². The maximum absolute atomic E-state index is 12.5. The third kappa shape index (κ3) is 3.45. The van der Waals surface area contributed by atoms with E-state index in [-0.39, 0.29) is 22.6 Å². The lowest BCUT2D eigenvalue weighted by Gasteiger charge is -2.13. The van der Waals surface area contributed by atoms with Gasteiger partial charge in [-0.15, -0.1) is 0 Å². The summed E-state index contributed by atoms with van der Waals surface area (Å²) in [4.78, 5) is 28.0. The minimum atomic E-state index is -1.12. The summed E-state index contributed by atoms with van der Waals surface area (Å²) in [5, 5.41) is 12.0. The second-order valence-corrected chi connectivity index (χ2v) is 6.14. The van der Waals surface area contributed by atoms with Crippen LogP contribution in [0.1, 0.15) is 15.9 Å². The molecule has 2 aromatic carbocycles. The van der Waals surface area contributed by atoms with Crippen molar-refractivity contribution in [3.8, 4) is 11.3 Å². The molecule has 0 fully saturated rings. The van der Waals surface area contributed by atoms with Crippen LogP contribution in [0.15, 0.2) is 47.4 Å². The summed E-state index contributed by atoms with van der Waals surface area (Å²) in [6.07, 6.45) is 1.64. The van der Waals surface area contributed by atoms with E-state index in [0.29, 0.717) is 17.1 Å². The summed E-state index contributed by atoms with van der Waals surface area (Å²) >= 11 is 0. The summed E-state index contributed by atoms with van der Waals surface area (Å²) in [7, 11) is 1.63. The van der Waals surface area contributed by atoms with Gasteiger partial charge in [0.15, 0.2) is 5.82 Å². The van der Waals surface area contributed by atoms with Crippen molar-refractivity contribution in [2.24, 2.45) is 7.05 Å². The fourth-order valence-electron chi connectivity index (χ4n) is 2.72. The zero-order chi connectivity index (χ0) is 19.7. The lowest BCUT2D eigenvalue weighted by atomic mass is 10.0. The van der Waals surface area contributed by atoms with Gasteiger partial charge in [0.2, 0.25) is 0 Å². The van der Waals surface area contributed by atoms with Gasteiger partial charge in [-0.3, -0.25) is 4.79 Å². The highest BCUT2D eigenvalue weighted by Crippen LogP contribution is 2.26. The number of nitrogen functional groups attached to an aromatic ring is 2. The molecule has 27 heavy (non-hydrogen) atoms. The van der Waals surface area contributed by atoms with Crippen molar-refractivity contribution in [2.75, 3.05) is 16.8 Å². The van der Waals surface area contributed by atoms with Crippen LogP contribution in [0, 0.1) is 6.92 Å². The van der Waals surface area contributed by atoms with Crippen molar-refractivity contribution in [3.63, 3.8) is 0 Å². The molecule has 1 aromatic heterocycles. The zero-order valence-corrected chi connectivity index (χ0v) is 14.9. The molecule has 0 spiro atoms. The molecule has 6 N–H and O–H groups in total. The van der Waals surface area contributed by atoms with Gasteiger partial charge in [-0.1, -0.05) is 12.1 Å². The summed E-state index contributed by atoms with van der Waals surface area (Å²) in [5.41, 5.74) is 14.8. The fourth-order valence-corrected chi connectivity index (χ4v) is 2.72. The van der Waals surface area contributed by atoms with E-state index in [0.717, 1.165) is 11.1 Å². The van der Waals surface area contributed by atoms with Crippen LogP contribution in [0.4, 0.5) is 22.9 Å².